The Morgan fingerprint density at radius 3 is 2.37 bits per heavy atom. The van der Waals surface area contributed by atoms with Crippen LogP contribution in [-0.4, -0.2) is 38.7 Å². The number of nitrogens with one attached hydrogen (secondary N) is 2. The number of nitrogens with zero attached hydrogens (tertiary/aromatic N) is 1. The molecule has 0 unspecified atom stereocenters. The van der Waals surface area contributed by atoms with Crippen molar-refractivity contribution < 1.29 is 14.2 Å². The van der Waals surface area contributed by atoms with Crippen molar-refractivity contribution in [3.05, 3.63) is 53.6 Å². The van der Waals surface area contributed by atoms with E-state index in [1.807, 2.05) is 30.3 Å². The monoisotopic (exact) mass is 429 g/mol. The lowest BCUT2D eigenvalue weighted by atomic mass is 9.87. The number of methoxy groups -OCH3 is 1. The van der Waals surface area contributed by atoms with Crippen LogP contribution in [0.25, 0.3) is 0 Å². The Balaban J connectivity index is 1.79. The molecule has 0 fully saturated rings. The van der Waals surface area contributed by atoms with Crippen LogP contribution in [-0.2, 0) is 5.41 Å². The predicted molar refractivity (Wildman–Crippen MR) is 126 cm³/mol. The Hall–Kier alpha value is -2.80. The van der Waals surface area contributed by atoms with Crippen LogP contribution in [0.15, 0.2) is 47.6 Å². The van der Waals surface area contributed by atoms with E-state index in [1.165, 1.54) is 5.56 Å². The second kappa shape index (κ2) is 11.4. The molecular weight excluding hydrogens is 398 g/mol. The summed E-state index contributed by atoms with van der Waals surface area (Å²) in [7, 11) is 3.34. The molecule has 0 aliphatic heterocycles. The van der Waals surface area contributed by atoms with Gasteiger partial charge in [-0.25, -0.2) is 0 Å². The number of hydrogen-bond acceptors (Lipinski definition) is 5. The topological polar surface area (TPSA) is 64.1 Å². The third-order valence-corrected chi connectivity index (χ3v) is 4.63. The minimum Gasteiger partial charge on any atom is -0.493 e. The molecule has 162 valence electrons. The summed E-state index contributed by atoms with van der Waals surface area (Å²) in [5, 5.41) is 7.30. The highest BCUT2D eigenvalue weighted by molar-refractivity contribution is 7.80. The van der Waals surface area contributed by atoms with Crippen LogP contribution in [0.5, 0.6) is 17.2 Å². The zero-order valence-corrected chi connectivity index (χ0v) is 19.1. The summed E-state index contributed by atoms with van der Waals surface area (Å²) in [6.45, 7) is 7.71. The van der Waals surface area contributed by atoms with Crippen molar-refractivity contribution in [1.29, 1.82) is 0 Å². The Morgan fingerprint density at radius 2 is 1.73 bits per heavy atom. The summed E-state index contributed by atoms with van der Waals surface area (Å²) < 4.78 is 17.1. The van der Waals surface area contributed by atoms with Gasteiger partial charge in [-0.2, -0.15) is 5.10 Å². The van der Waals surface area contributed by atoms with Crippen molar-refractivity contribution in [2.45, 2.75) is 32.6 Å². The Bertz CT molecular complexity index is 846. The first-order valence-corrected chi connectivity index (χ1v) is 10.3. The summed E-state index contributed by atoms with van der Waals surface area (Å²) in [6.07, 6.45) is 2.42. The van der Waals surface area contributed by atoms with Crippen molar-refractivity contribution in [3.63, 3.8) is 0 Å². The van der Waals surface area contributed by atoms with E-state index in [0.29, 0.717) is 29.8 Å². The van der Waals surface area contributed by atoms with Crippen molar-refractivity contribution in [3.8, 4) is 17.2 Å². The summed E-state index contributed by atoms with van der Waals surface area (Å²) in [6, 6.07) is 13.9. The number of rotatable bonds is 9. The smallest absolute Gasteiger partial charge is 0.186 e. The van der Waals surface area contributed by atoms with E-state index in [-0.39, 0.29) is 5.41 Å². The van der Waals surface area contributed by atoms with Crippen LogP contribution in [0.4, 0.5) is 0 Å². The van der Waals surface area contributed by atoms with Gasteiger partial charge in [0.1, 0.15) is 5.75 Å². The minimum absolute atomic E-state index is 0.142. The molecule has 2 rings (SSSR count). The van der Waals surface area contributed by atoms with Crippen LogP contribution in [0.2, 0.25) is 0 Å². The predicted octanol–water partition coefficient (Wildman–Crippen LogP) is 4.27. The Labute approximate surface area is 184 Å². The summed E-state index contributed by atoms with van der Waals surface area (Å²) in [5.74, 6) is 2.20. The van der Waals surface area contributed by atoms with Gasteiger partial charge in [0.15, 0.2) is 16.6 Å². The van der Waals surface area contributed by atoms with Crippen LogP contribution in [0.1, 0.15) is 38.3 Å². The largest absolute Gasteiger partial charge is 0.493 e. The second-order valence-electron chi connectivity index (χ2n) is 7.68. The number of hydrazone groups is 1. The Kier molecular flexibility index (Phi) is 8.92. The van der Waals surface area contributed by atoms with Crippen LogP contribution < -0.4 is 25.0 Å². The average Bonchev–Trinajstić information content (AvgIpc) is 2.73. The molecule has 0 radical (unpaired) electrons. The maximum absolute atomic E-state index is 5.85. The molecule has 0 spiro atoms. The van der Waals surface area contributed by atoms with Gasteiger partial charge in [-0.1, -0.05) is 32.9 Å². The van der Waals surface area contributed by atoms with Gasteiger partial charge >= 0.3 is 0 Å². The molecule has 0 amide bonds. The van der Waals surface area contributed by atoms with Crippen molar-refractivity contribution >= 4 is 23.5 Å². The molecule has 2 aromatic rings. The lowest BCUT2D eigenvalue weighted by Gasteiger charge is -2.19. The zero-order valence-electron chi connectivity index (χ0n) is 18.3. The standard InChI is InChI=1S/C23H31N3O3S/c1-23(2,3)18-8-10-19(11-9-18)28-13-6-14-29-20-12-7-17(15-21(20)27-5)16-25-26-22(30)24-4/h7-12,15-16H,6,13-14H2,1-5H3,(H2,24,26,30)/b25-16-. The van der Waals surface area contributed by atoms with E-state index in [1.54, 1.807) is 20.4 Å². The van der Waals surface area contributed by atoms with E-state index in [0.717, 1.165) is 17.7 Å². The zero-order chi connectivity index (χ0) is 22.0. The van der Waals surface area contributed by atoms with E-state index >= 15 is 0 Å². The number of ether oxygens (including phenoxy) is 3. The van der Waals surface area contributed by atoms with Gasteiger partial charge in [0.25, 0.3) is 0 Å². The normalized spacial score (nSPS) is 11.2. The fourth-order valence-corrected chi connectivity index (χ4v) is 2.64. The lowest BCUT2D eigenvalue weighted by Crippen LogP contribution is -2.28. The summed E-state index contributed by atoms with van der Waals surface area (Å²) >= 11 is 4.97. The Morgan fingerprint density at radius 1 is 1.03 bits per heavy atom. The molecule has 0 aromatic heterocycles. The van der Waals surface area contributed by atoms with Crippen molar-refractivity contribution in [2.75, 3.05) is 27.4 Å². The molecule has 30 heavy (non-hydrogen) atoms. The molecule has 0 atom stereocenters. The highest BCUT2D eigenvalue weighted by Gasteiger charge is 2.13. The molecule has 2 N–H and O–H groups in total. The molecule has 0 saturated heterocycles. The van der Waals surface area contributed by atoms with Gasteiger partial charge in [-0.05, 0) is 59.1 Å². The van der Waals surface area contributed by atoms with Gasteiger partial charge in [0, 0.05) is 13.5 Å². The summed E-state index contributed by atoms with van der Waals surface area (Å²) in [4.78, 5) is 0. The molecular formula is C23H31N3O3S. The molecule has 0 heterocycles. The van der Waals surface area contributed by atoms with E-state index in [4.69, 9.17) is 26.4 Å². The second-order valence-corrected chi connectivity index (χ2v) is 8.09. The van der Waals surface area contributed by atoms with Crippen molar-refractivity contribution in [2.24, 2.45) is 5.10 Å². The molecule has 2 aromatic carbocycles. The molecule has 0 bridgehead atoms. The molecule has 0 aliphatic carbocycles. The number of thiocarbonyl (C=S) groups is 1. The van der Waals surface area contributed by atoms with Gasteiger partial charge < -0.3 is 19.5 Å². The summed E-state index contributed by atoms with van der Waals surface area (Å²) in [5.41, 5.74) is 5.01. The lowest BCUT2D eigenvalue weighted by molar-refractivity contribution is 0.240. The van der Waals surface area contributed by atoms with Gasteiger partial charge in [-0.3, -0.25) is 5.43 Å². The fraction of sp³-hybridized carbons (Fsp3) is 0.391. The maximum Gasteiger partial charge on any atom is 0.186 e. The van der Waals surface area contributed by atoms with Gasteiger partial charge in [-0.15, -0.1) is 0 Å². The van der Waals surface area contributed by atoms with E-state index in [9.17, 15) is 0 Å². The number of benzene rings is 2. The van der Waals surface area contributed by atoms with E-state index < -0.39 is 0 Å². The van der Waals surface area contributed by atoms with Crippen LogP contribution >= 0.6 is 12.2 Å². The highest BCUT2D eigenvalue weighted by atomic mass is 32.1. The molecule has 6 nitrogen and oxygen atoms in total. The first kappa shape index (κ1) is 23.5. The first-order valence-electron chi connectivity index (χ1n) is 9.88. The third kappa shape index (κ3) is 7.55. The molecule has 0 saturated carbocycles. The van der Waals surface area contributed by atoms with Gasteiger partial charge in [0.05, 0.1) is 26.5 Å². The van der Waals surface area contributed by atoms with Crippen molar-refractivity contribution in [1.82, 2.24) is 10.7 Å². The molecule has 0 aliphatic rings. The van der Waals surface area contributed by atoms with Crippen LogP contribution in [0.3, 0.4) is 0 Å². The van der Waals surface area contributed by atoms with Gasteiger partial charge in [0.2, 0.25) is 0 Å². The first-order chi connectivity index (χ1) is 14.3. The highest BCUT2D eigenvalue weighted by Crippen LogP contribution is 2.28. The minimum atomic E-state index is 0.142. The van der Waals surface area contributed by atoms with Crippen LogP contribution in [0, 0.1) is 0 Å². The third-order valence-electron chi connectivity index (χ3n) is 4.33. The molecule has 7 heteroatoms. The quantitative estimate of drug-likeness (QED) is 0.269. The SMILES string of the molecule is CNC(=S)N/N=C\c1ccc(OCCCOc2ccc(C(C)(C)C)cc2)c(OC)c1. The average molecular weight is 430 g/mol. The fourth-order valence-electron chi connectivity index (χ4n) is 2.59. The number of hydrogen-bond donors (Lipinski definition) is 2. The maximum atomic E-state index is 5.85. The van der Waals surface area contributed by atoms with E-state index in [2.05, 4.69) is 48.7 Å².